The third-order valence-electron chi connectivity index (χ3n) is 6.49. The Balaban J connectivity index is 1.93. The fourth-order valence-electron chi connectivity index (χ4n) is 4.89. The molecule has 32 heavy (non-hydrogen) atoms. The van der Waals surface area contributed by atoms with Gasteiger partial charge in [0.25, 0.3) is 5.78 Å². The van der Waals surface area contributed by atoms with Crippen molar-refractivity contribution in [1.29, 1.82) is 0 Å². The lowest BCUT2D eigenvalue weighted by Crippen LogP contribution is -2.40. The second-order valence-corrected chi connectivity index (χ2v) is 8.83. The number of hydrogen-bond acceptors (Lipinski definition) is 4. The molecule has 2 aliphatic rings. The number of rotatable bonds is 2. The Kier molecular flexibility index (Phi) is 4.26. The van der Waals surface area contributed by atoms with Crippen LogP contribution in [0.5, 0.6) is 11.5 Å². The molecule has 3 aromatic rings. The van der Waals surface area contributed by atoms with Gasteiger partial charge < -0.3 is 20.1 Å². The molecule has 5 rings (SSSR count). The van der Waals surface area contributed by atoms with Crippen molar-refractivity contribution < 1.29 is 14.3 Å². The van der Waals surface area contributed by atoms with Gasteiger partial charge in [0.15, 0.2) is 5.41 Å². The number of Topliss-reactive ketones (excluding diaryl/α,β-unsaturated/α-hetero) is 1. The number of ketones is 1. The van der Waals surface area contributed by atoms with Crippen molar-refractivity contribution >= 4 is 22.9 Å². The second-order valence-electron chi connectivity index (χ2n) is 8.83. The van der Waals surface area contributed by atoms with Crippen molar-refractivity contribution in [1.82, 2.24) is 0 Å². The molecule has 0 amide bonds. The van der Waals surface area contributed by atoms with E-state index in [0.29, 0.717) is 17.1 Å². The van der Waals surface area contributed by atoms with Crippen LogP contribution >= 0.6 is 0 Å². The number of carbonyl (C=O) groups excluding carboxylic acids is 1. The fourth-order valence-corrected chi connectivity index (χ4v) is 4.89. The van der Waals surface area contributed by atoms with E-state index in [0.717, 1.165) is 33.6 Å². The van der Waals surface area contributed by atoms with Crippen LogP contribution in [0.15, 0.2) is 54.6 Å². The predicted molar refractivity (Wildman–Crippen MR) is 126 cm³/mol. The van der Waals surface area contributed by atoms with Crippen LogP contribution in [0.2, 0.25) is 0 Å². The summed E-state index contributed by atoms with van der Waals surface area (Å²) in [5.41, 5.74) is 15.1. The summed E-state index contributed by atoms with van der Waals surface area (Å²) in [5.74, 6) is 1.02. The van der Waals surface area contributed by atoms with Gasteiger partial charge in [-0.2, -0.15) is 4.79 Å². The molecular weight excluding hydrogens is 400 g/mol. The van der Waals surface area contributed by atoms with E-state index in [4.69, 9.17) is 4.74 Å². The molecule has 0 N–H and O–H groups in total. The molecule has 1 aliphatic heterocycles. The molecule has 3 aromatic carbocycles. The normalized spacial score (nSPS) is 14.9. The van der Waals surface area contributed by atoms with E-state index in [1.54, 1.807) is 0 Å². The summed E-state index contributed by atoms with van der Waals surface area (Å²) in [6.07, 6.45) is 0. The van der Waals surface area contributed by atoms with Crippen LogP contribution in [-0.4, -0.2) is 44.5 Å². The van der Waals surface area contributed by atoms with E-state index < -0.39 is 5.41 Å². The van der Waals surface area contributed by atoms with Crippen molar-refractivity contribution in [3.8, 4) is 11.5 Å². The Labute approximate surface area is 187 Å². The first-order chi connectivity index (χ1) is 15.3. The first-order valence-corrected chi connectivity index (χ1v) is 10.5. The van der Waals surface area contributed by atoms with E-state index in [9.17, 15) is 10.3 Å². The average molecular weight is 425 g/mol. The highest BCUT2D eigenvalue weighted by molar-refractivity contribution is 6.52. The number of hydrogen-bond donors (Lipinski definition) is 0. The molecule has 0 atom stereocenters. The van der Waals surface area contributed by atoms with Crippen molar-refractivity contribution in [3.63, 3.8) is 0 Å². The molecule has 160 valence electrons. The number of fused-ring (bicyclic) bond motifs is 6. The number of ether oxygens (including phenoxy) is 1. The van der Waals surface area contributed by atoms with Crippen molar-refractivity contribution in [2.24, 2.45) is 0 Å². The van der Waals surface area contributed by atoms with Gasteiger partial charge in [0.05, 0.1) is 0 Å². The lowest BCUT2D eigenvalue weighted by atomic mass is 9.67. The fraction of sp³-hybridized carbons (Fsp3) is 0.231. The zero-order chi connectivity index (χ0) is 22.8. The number of benzene rings is 3. The number of nitrogens with zero attached hydrogens (tertiary/aromatic N) is 4. The van der Waals surface area contributed by atoms with Gasteiger partial charge in [0, 0.05) is 68.4 Å². The van der Waals surface area contributed by atoms with Gasteiger partial charge in [-0.15, -0.1) is 0 Å². The van der Waals surface area contributed by atoms with Crippen LogP contribution < -0.4 is 14.5 Å². The Morgan fingerprint density at radius 1 is 0.812 bits per heavy atom. The predicted octanol–water partition coefficient (Wildman–Crippen LogP) is 4.43. The minimum atomic E-state index is -1.05. The monoisotopic (exact) mass is 424 g/mol. The molecule has 1 spiro atoms. The van der Waals surface area contributed by atoms with Crippen LogP contribution in [0.1, 0.15) is 32.6 Å². The summed E-state index contributed by atoms with van der Waals surface area (Å²) >= 11 is 0. The molecule has 0 saturated heterocycles. The van der Waals surface area contributed by atoms with E-state index in [-0.39, 0.29) is 11.5 Å². The molecule has 6 heteroatoms. The first-order valence-electron chi connectivity index (χ1n) is 10.5. The van der Waals surface area contributed by atoms with Gasteiger partial charge in [0.2, 0.25) is 0 Å². The van der Waals surface area contributed by atoms with Crippen molar-refractivity contribution in [2.45, 2.75) is 12.3 Å². The molecule has 0 bridgehead atoms. The van der Waals surface area contributed by atoms with Crippen LogP contribution in [-0.2, 0) is 5.41 Å². The van der Waals surface area contributed by atoms with Gasteiger partial charge in [-0.05, 0) is 30.7 Å². The third-order valence-corrected chi connectivity index (χ3v) is 6.49. The smallest absolute Gasteiger partial charge is 0.358 e. The van der Waals surface area contributed by atoms with Gasteiger partial charge in [-0.3, -0.25) is 4.79 Å². The van der Waals surface area contributed by atoms with Crippen LogP contribution in [0, 0.1) is 6.92 Å². The zero-order valence-electron chi connectivity index (χ0n) is 18.8. The largest absolute Gasteiger partial charge is 0.457 e. The Morgan fingerprint density at radius 2 is 1.34 bits per heavy atom. The Hall–Kier alpha value is -3.89. The topological polar surface area (TPSA) is 69.2 Å². The number of anilines is 2. The Bertz CT molecular complexity index is 1290. The maximum atomic E-state index is 13.5. The summed E-state index contributed by atoms with van der Waals surface area (Å²) in [5, 5.41) is 0. The van der Waals surface area contributed by atoms with E-state index in [2.05, 4.69) is 4.79 Å². The molecule has 1 heterocycles. The van der Waals surface area contributed by atoms with Crippen LogP contribution in [0.3, 0.4) is 0 Å². The van der Waals surface area contributed by atoms with E-state index >= 15 is 0 Å². The highest BCUT2D eigenvalue weighted by atomic mass is 16.5. The van der Waals surface area contributed by atoms with E-state index in [1.165, 1.54) is 0 Å². The summed E-state index contributed by atoms with van der Waals surface area (Å²) in [4.78, 5) is 21.1. The molecule has 0 aromatic heterocycles. The SMILES string of the molecule is Cc1ccc2c(c1)C(=O)C(=[N+]=[N-])C21c2ccc(N(C)C)cc2Oc2cc(N(C)C)ccc21. The minimum Gasteiger partial charge on any atom is -0.457 e. The average Bonchev–Trinajstić information content (AvgIpc) is 3.01. The van der Waals surface area contributed by atoms with Gasteiger partial charge in [-0.1, -0.05) is 29.8 Å². The first kappa shape index (κ1) is 20.0. The van der Waals surface area contributed by atoms with Crippen LogP contribution in [0.4, 0.5) is 11.4 Å². The highest BCUT2D eigenvalue weighted by Gasteiger charge is 2.61. The maximum absolute atomic E-state index is 13.5. The van der Waals surface area contributed by atoms with Gasteiger partial charge in [-0.25, -0.2) is 0 Å². The molecule has 0 unspecified atom stereocenters. The molecule has 0 fully saturated rings. The van der Waals surface area contributed by atoms with E-state index in [1.807, 2.05) is 99.5 Å². The summed E-state index contributed by atoms with van der Waals surface area (Å²) in [6, 6.07) is 17.7. The zero-order valence-corrected chi connectivity index (χ0v) is 18.8. The third kappa shape index (κ3) is 2.50. The second kappa shape index (κ2) is 6.81. The van der Waals surface area contributed by atoms with Gasteiger partial charge >= 0.3 is 5.71 Å². The van der Waals surface area contributed by atoms with Crippen molar-refractivity contribution in [3.05, 3.63) is 87.9 Å². The molecular formula is C26H24N4O2. The lowest BCUT2D eigenvalue weighted by Gasteiger charge is -2.35. The number of aryl methyl sites for hydroxylation is 1. The molecule has 6 nitrogen and oxygen atoms in total. The minimum absolute atomic E-state index is 0.0964. The maximum Gasteiger partial charge on any atom is 0.358 e. The highest BCUT2D eigenvalue weighted by Crippen LogP contribution is 2.56. The Morgan fingerprint density at radius 3 is 1.84 bits per heavy atom. The molecule has 1 aliphatic carbocycles. The molecule has 0 saturated carbocycles. The summed E-state index contributed by atoms with van der Waals surface area (Å²) in [6.45, 7) is 1.95. The summed E-state index contributed by atoms with van der Waals surface area (Å²) in [7, 11) is 7.87. The van der Waals surface area contributed by atoms with Crippen LogP contribution in [0.25, 0.3) is 5.53 Å². The lowest BCUT2D eigenvalue weighted by molar-refractivity contribution is -0.0118. The van der Waals surface area contributed by atoms with Crippen molar-refractivity contribution in [2.75, 3.05) is 38.0 Å². The molecule has 0 radical (unpaired) electrons. The number of carbonyl (C=O) groups is 1. The standard InChI is InChI=1S/C26H24N4O2/c1-15-6-9-19-18(12-15)24(31)25(28-27)26(19)20-10-7-16(29(2)3)13-22(20)32-23-14-17(30(4)5)8-11-21(23)26/h6-14H,1-5H3. The summed E-state index contributed by atoms with van der Waals surface area (Å²) < 4.78 is 6.41. The van der Waals surface area contributed by atoms with Gasteiger partial charge in [0.1, 0.15) is 11.5 Å². The quantitative estimate of drug-likeness (QED) is 0.451.